The van der Waals surface area contributed by atoms with Crippen LogP contribution in [0.1, 0.15) is 28.6 Å². The molecule has 1 saturated heterocycles. The molecule has 2 unspecified atom stereocenters. The van der Waals surface area contributed by atoms with Crippen LogP contribution in [0.25, 0.3) is 0 Å². The number of hydrogen-bond donors (Lipinski definition) is 2. The van der Waals surface area contributed by atoms with Gasteiger partial charge < -0.3 is 15.4 Å². The molecular formula is C19H28N4OS2. The maximum Gasteiger partial charge on any atom is 0.191 e. The lowest BCUT2D eigenvalue weighted by atomic mass is 10.1. The molecule has 0 aromatic carbocycles. The number of aliphatic imine (C=N–C) groups is 1. The number of hydrogen-bond acceptors (Lipinski definition) is 5. The Hall–Kier alpha value is -1.41. The Morgan fingerprint density at radius 1 is 1.12 bits per heavy atom. The zero-order chi connectivity index (χ0) is 18.2. The summed E-state index contributed by atoms with van der Waals surface area (Å²) in [5.41, 5.74) is 0. The Kier molecular flexibility index (Phi) is 7.49. The second kappa shape index (κ2) is 10.1. The minimum absolute atomic E-state index is 0.354. The van der Waals surface area contributed by atoms with Crippen LogP contribution in [0.4, 0.5) is 0 Å². The van der Waals surface area contributed by atoms with Gasteiger partial charge in [0.25, 0.3) is 0 Å². The van der Waals surface area contributed by atoms with E-state index in [2.05, 4.69) is 62.5 Å². The molecule has 2 N–H and O–H groups in total. The van der Waals surface area contributed by atoms with E-state index in [1.807, 2.05) is 29.7 Å². The molecule has 3 rings (SSSR count). The van der Waals surface area contributed by atoms with E-state index in [0.717, 1.165) is 45.4 Å². The average molecular weight is 393 g/mol. The topological polar surface area (TPSA) is 48.9 Å². The predicted molar refractivity (Wildman–Crippen MR) is 112 cm³/mol. The molecule has 2 aromatic rings. The first-order chi connectivity index (χ1) is 12.8. The number of morpholine rings is 1. The number of thiophene rings is 2. The lowest BCUT2D eigenvalue weighted by molar-refractivity contribution is 0.0177. The molecule has 0 radical (unpaired) electrons. The normalized spacial score (nSPS) is 18.5. The van der Waals surface area contributed by atoms with E-state index in [4.69, 9.17) is 4.74 Å². The number of guanidine groups is 1. The summed E-state index contributed by atoms with van der Waals surface area (Å²) in [6.07, 6.45) is 0. The monoisotopic (exact) mass is 392 g/mol. The highest BCUT2D eigenvalue weighted by Crippen LogP contribution is 2.25. The molecule has 26 heavy (non-hydrogen) atoms. The first-order valence-electron chi connectivity index (χ1n) is 9.11. The molecule has 0 aliphatic carbocycles. The van der Waals surface area contributed by atoms with Gasteiger partial charge in [0.2, 0.25) is 0 Å². The molecule has 5 nitrogen and oxygen atoms in total. The van der Waals surface area contributed by atoms with E-state index in [1.54, 1.807) is 0 Å². The summed E-state index contributed by atoms with van der Waals surface area (Å²) in [5.74, 6) is 1.34. The highest BCUT2D eigenvalue weighted by molar-refractivity contribution is 7.10. The van der Waals surface area contributed by atoms with Gasteiger partial charge in [-0.3, -0.25) is 9.89 Å². The lowest BCUT2D eigenvalue weighted by Crippen LogP contribution is -2.46. The maximum atomic E-state index is 5.52. The van der Waals surface area contributed by atoms with Crippen molar-refractivity contribution in [2.24, 2.45) is 4.99 Å². The summed E-state index contributed by atoms with van der Waals surface area (Å²) in [4.78, 5) is 9.69. The van der Waals surface area contributed by atoms with Crippen LogP contribution >= 0.6 is 22.7 Å². The van der Waals surface area contributed by atoms with Crippen molar-refractivity contribution in [1.29, 1.82) is 0 Å². The van der Waals surface area contributed by atoms with Crippen LogP contribution in [-0.4, -0.2) is 57.3 Å². The molecular weight excluding hydrogens is 364 g/mol. The molecule has 1 fully saturated rings. The first-order valence-corrected chi connectivity index (χ1v) is 10.9. The van der Waals surface area contributed by atoms with Crippen molar-refractivity contribution < 1.29 is 4.74 Å². The van der Waals surface area contributed by atoms with Crippen molar-refractivity contribution in [3.8, 4) is 0 Å². The van der Waals surface area contributed by atoms with Gasteiger partial charge in [-0.2, -0.15) is 0 Å². The first kappa shape index (κ1) is 19.4. The summed E-state index contributed by atoms with van der Waals surface area (Å²) in [7, 11) is 1.83. The van der Waals surface area contributed by atoms with Gasteiger partial charge in [0.1, 0.15) is 0 Å². The van der Waals surface area contributed by atoms with Gasteiger partial charge in [0.15, 0.2) is 5.96 Å². The van der Waals surface area contributed by atoms with Crippen molar-refractivity contribution in [2.75, 3.05) is 46.4 Å². The number of nitrogens with one attached hydrogen (secondary N) is 2. The summed E-state index contributed by atoms with van der Waals surface area (Å²) >= 11 is 3.63. The standard InChI is InChI=1S/C19H28N4OS2/c1-15(17-5-3-11-25-17)13-21-19(20-2)22-14-16(18-6-4-12-26-18)23-7-9-24-10-8-23/h3-6,11-12,15-16H,7-10,13-14H2,1-2H3,(H2,20,21,22). The largest absolute Gasteiger partial charge is 0.379 e. The van der Waals surface area contributed by atoms with Crippen molar-refractivity contribution in [3.05, 3.63) is 44.8 Å². The maximum absolute atomic E-state index is 5.52. The van der Waals surface area contributed by atoms with Gasteiger partial charge >= 0.3 is 0 Å². The molecule has 0 amide bonds. The fraction of sp³-hybridized carbons (Fsp3) is 0.526. The van der Waals surface area contributed by atoms with Crippen LogP contribution in [0, 0.1) is 0 Å². The summed E-state index contributed by atoms with van der Waals surface area (Å²) in [6, 6.07) is 9.01. The van der Waals surface area contributed by atoms with Gasteiger partial charge in [0.05, 0.1) is 19.3 Å². The Morgan fingerprint density at radius 3 is 2.38 bits per heavy atom. The number of ether oxygens (including phenoxy) is 1. The highest BCUT2D eigenvalue weighted by atomic mass is 32.1. The predicted octanol–water partition coefficient (Wildman–Crippen LogP) is 3.15. The Morgan fingerprint density at radius 2 is 1.77 bits per heavy atom. The van der Waals surface area contributed by atoms with Gasteiger partial charge in [-0.05, 0) is 22.9 Å². The average Bonchev–Trinajstić information content (AvgIpc) is 3.39. The smallest absolute Gasteiger partial charge is 0.191 e. The summed E-state index contributed by atoms with van der Waals surface area (Å²) in [5, 5.41) is 11.3. The van der Waals surface area contributed by atoms with E-state index < -0.39 is 0 Å². The van der Waals surface area contributed by atoms with E-state index >= 15 is 0 Å². The van der Waals surface area contributed by atoms with Gasteiger partial charge in [0, 0.05) is 48.9 Å². The van der Waals surface area contributed by atoms with Crippen LogP contribution in [0.5, 0.6) is 0 Å². The van der Waals surface area contributed by atoms with Crippen molar-refractivity contribution >= 4 is 28.6 Å². The third-order valence-corrected chi connectivity index (χ3v) is 6.73. The molecule has 3 heterocycles. The minimum atomic E-state index is 0.354. The molecule has 142 valence electrons. The van der Waals surface area contributed by atoms with Gasteiger partial charge in [-0.15, -0.1) is 22.7 Å². The van der Waals surface area contributed by atoms with Crippen molar-refractivity contribution in [2.45, 2.75) is 18.9 Å². The number of nitrogens with zero attached hydrogens (tertiary/aromatic N) is 2. The zero-order valence-electron chi connectivity index (χ0n) is 15.5. The van der Waals surface area contributed by atoms with E-state index in [9.17, 15) is 0 Å². The summed E-state index contributed by atoms with van der Waals surface area (Å²) in [6.45, 7) is 7.54. The Labute approximate surface area is 164 Å². The molecule has 1 aliphatic rings. The molecule has 7 heteroatoms. The van der Waals surface area contributed by atoms with E-state index in [1.165, 1.54) is 9.75 Å². The van der Waals surface area contributed by atoms with Crippen molar-refractivity contribution in [1.82, 2.24) is 15.5 Å². The van der Waals surface area contributed by atoms with E-state index in [0.29, 0.717) is 12.0 Å². The molecule has 2 atom stereocenters. The second-order valence-electron chi connectivity index (χ2n) is 6.43. The lowest BCUT2D eigenvalue weighted by Gasteiger charge is -2.34. The molecule has 0 saturated carbocycles. The highest BCUT2D eigenvalue weighted by Gasteiger charge is 2.23. The fourth-order valence-corrected chi connectivity index (χ4v) is 4.76. The Bertz CT molecular complexity index is 651. The zero-order valence-corrected chi connectivity index (χ0v) is 17.1. The minimum Gasteiger partial charge on any atom is -0.379 e. The molecule has 0 bridgehead atoms. The second-order valence-corrected chi connectivity index (χ2v) is 8.39. The third kappa shape index (κ3) is 5.30. The molecule has 1 aliphatic heterocycles. The third-order valence-electron chi connectivity index (χ3n) is 4.65. The van der Waals surface area contributed by atoms with Crippen LogP contribution in [0.2, 0.25) is 0 Å². The van der Waals surface area contributed by atoms with Gasteiger partial charge in [-0.25, -0.2) is 0 Å². The molecule has 2 aromatic heterocycles. The van der Waals surface area contributed by atoms with Crippen molar-refractivity contribution in [3.63, 3.8) is 0 Å². The van der Waals surface area contributed by atoms with Crippen LogP contribution in [-0.2, 0) is 4.74 Å². The number of rotatable bonds is 7. The molecule has 0 spiro atoms. The van der Waals surface area contributed by atoms with Crippen LogP contribution in [0.3, 0.4) is 0 Å². The van der Waals surface area contributed by atoms with E-state index in [-0.39, 0.29) is 0 Å². The summed E-state index contributed by atoms with van der Waals surface area (Å²) < 4.78 is 5.52. The van der Waals surface area contributed by atoms with Crippen LogP contribution < -0.4 is 10.6 Å². The van der Waals surface area contributed by atoms with Crippen LogP contribution in [0.15, 0.2) is 40.0 Å². The fourth-order valence-electron chi connectivity index (χ4n) is 3.12. The quantitative estimate of drug-likeness (QED) is 0.561. The SMILES string of the molecule is CN=C(NCC(C)c1cccs1)NCC(c1cccs1)N1CCOCC1. The Balaban J connectivity index is 1.54. The van der Waals surface area contributed by atoms with Gasteiger partial charge in [-0.1, -0.05) is 19.1 Å².